The highest BCUT2D eigenvalue weighted by molar-refractivity contribution is 5.42. The van der Waals surface area contributed by atoms with Crippen molar-refractivity contribution in [3.05, 3.63) is 65.2 Å². The minimum atomic E-state index is -4.37. The van der Waals surface area contributed by atoms with Crippen LogP contribution >= 0.6 is 0 Å². The van der Waals surface area contributed by atoms with Gasteiger partial charge in [0, 0.05) is 11.5 Å². The van der Waals surface area contributed by atoms with E-state index in [1.165, 1.54) is 12.1 Å². The fourth-order valence-electron chi connectivity index (χ4n) is 4.92. The first-order chi connectivity index (χ1) is 14.4. The molecule has 1 aliphatic carbocycles. The number of halogens is 3. The van der Waals surface area contributed by atoms with Crippen molar-refractivity contribution in [3.8, 4) is 5.75 Å². The van der Waals surface area contributed by atoms with E-state index in [4.69, 9.17) is 9.47 Å². The molecule has 0 radical (unpaired) electrons. The van der Waals surface area contributed by atoms with Crippen LogP contribution in [0, 0.1) is 0 Å². The highest BCUT2D eigenvalue weighted by Gasteiger charge is 2.49. The summed E-state index contributed by atoms with van der Waals surface area (Å²) in [6.07, 6.45) is 0.255. The summed E-state index contributed by atoms with van der Waals surface area (Å²) in [6.45, 7) is 1.32. The van der Waals surface area contributed by atoms with E-state index in [1.807, 2.05) is 18.2 Å². The Balaban J connectivity index is 1.47. The maximum Gasteiger partial charge on any atom is 0.416 e. The van der Waals surface area contributed by atoms with Crippen LogP contribution in [-0.2, 0) is 10.9 Å². The Labute approximate surface area is 174 Å². The molecule has 0 amide bonds. The van der Waals surface area contributed by atoms with Crippen LogP contribution < -0.4 is 10.1 Å². The van der Waals surface area contributed by atoms with Crippen LogP contribution in [0.4, 0.5) is 13.2 Å². The molecule has 0 aromatic heterocycles. The summed E-state index contributed by atoms with van der Waals surface area (Å²) in [5.41, 5.74) is 0.764. The Bertz CT molecular complexity index is 897. The van der Waals surface area contributed by atoms with E-state index < -0.39 is 17.3 Å². The monoisotopic (exact) mass is 417 g/mol. The smallest absolute Gasteiger partial charge is 0.416 e. The van der Waals surface area contributed by atoms with Gasteiger partial charge in [-0.15, -0.1) is 0 Å². The minimum Gasteiger partial charge on any atom is -0.490 e. The molecule has 6 heteroatoms. The largest absolute Gasteiger partial charge is 0.490 e. The molecule has 2 heterocycles. The first-order valence-corrected chi connectivity index (χ1v) is 10.7. The average Bonchev–Trinajstić information content (AvgIpc) is 3.47. The van der Waals surface area contributed by atoms with Crippen molar-refractivity contribution >= 4 is 0 Å². The van der Waals surface area contributed by atoms with Crippen LogP contribution in [0.2, 0.25) is 0 Å². The van der Waals surface area contributed by atoms with Crippen molar-refractivity contribution in [2.45, 2.75) is 61.9 Å². The summed E-state index contributed by atoms with van der Waals surface area (Å²) >= 11 is 0. The van der Waals surface area contributed by atoms with E-state index in [9.17, 15) is 13.2 Å². The first kappa shape index (κ1) is 19.9. The standard InChI is InChI=1S/C24H26F3NO2/c25-24(26,27)18-7-10-21(30-19-8-9-19)20(13-18)17-14-23(29-15-17)11-4-12-28-22(23)16-5-2-1-3-6-16/h1-3,5-7,10,13,17,19,22,28H,4,8-9,11-12,14-15H2/t17-,22?,23?/m1/s1. The van der Waals surface area contributed by atoms with Gasteiger partial charge in [-0.25, -0.2) is 0 Å². The molecule has 3 fully saturated rings. The van der Waals surface area contributed by atoms with Crippen molar-refractivity contribution in [1.82, 2.24) is 5.32 Å². The third-order valence-electron chi connectivity index (χ3n) is 6.54. The van der Waals surface area contributed by atoms with Crippen LogP contribution in [0.15, 0.2) is 48.5 Å². The lowest BCUT2D eigenvalue weighted by Crippen LogP contribution is -2.48. The third-order valence-corrected chi connectivity index (χ3v) is 6.54. The first-order valence-electron chi connectivity index (χ1n) is 10.7. The highest BCUT2D eigenvalue weighted by atomic mass is 19.4. The lowest BCUT2D eigenvalue weighted by Gasteiger charge is -2.41. The average molecular weight is 417 g/mol. The molecule has 2 aromatic carbocycles. The van der Waals surface area contributed by atoms with Gasteiger partial charge < -0.3 is 14.8 Å². The van der Waals surface area contributed by atoms with Gasteiger partial charge in [-0.2, -0.15) is 13.2 Å². The number of nitrogens with one attached hydrogen (secondary N) is 1. The quantitative estimate of drug-likeness (QED) is 0.701. The number of hydrogen-bond donors (Lipinski definition) is 1. The van der Waals surface area contributed by atoms with Gasteiger partial charge in [0.25, 0.3) is 0 Å². The van der Waals surface area contributed by atoms with Crippen LogP contribution in [0.25, 0.3) is 0 Å². The molecule has 1 spiro atoms. The van der Waals surface area contributed by atoms with Crippen LogP contribution in [0.1, 0.15) is 60.8 Å². The topological polar surface area (TPSA) is 30.5 Å². The molecule has 2 aliphatic heterocycles. The van der Waals surface area contributed by atoms with E-state index >= 15 is 0 Å². The number of rotatable bonds is 4. The Hall–Kier alpha value is -2.05. The van der Waals surface area contributed by atoms with Crippen molar-refractivity contribution in [1.29, 1.82) is 0 Å². The molecular formula is C24H26F3NO2. The third kappa shape index (κ3) is 3.83. The Morgan fingerprint density at radius 1 is 1.07 bits per heavy atom. The fourth-order valence-corrected chi connectivity index (χ4v) is 4.92. The Morgan fingerprint density at radius 3 is 2.60 bits per heavy atom. The second-order valence-corrected chi connectivity index (χ2v) is 8.75. The van der Waals surface area contributed by atoms with Crippen LogP contribution in [0.5, 0.6) is 5.75 Å². The molecule has 3 atom stereocenters. The van der Waals surface area contributed by atoms with Crippen LogP contribution in [-0.4, -0.2) is 24.9 Å². The lowest BCUT2D eigenvalue weighted by atomic mass is 9.76. The van der Waals surface area contributed by atoms with Gasteiger partial charge in [-0.3, -0.25) is 0 Å². The van der Waals surface area contributed by atoms with E-state index in [-0.39, 0.29) is 18.1 Å². The second kappa shape index (κ2) is 7.57. The van der Waals surface area contributed by atoms with Crippen molar-refractivity contribution in [2.75, 3.05) is 13.2 Å². The molecular weight excluding hydrogens is 391 g/mol. The number of ether oxygens (including phenoxy) is 2. The number of alkyl halides is 3. The number of benzene rings is 2. The molecule has 2 aromatic rings. The summed E-state index contributed by atoms with van der Waals surface area (Å²) in [4.78, 5) is 0. The molecule has 5 rings (SSSR count). The zero-order valence-electron chi connectivity index (χ0n) is 16.8. The zero-order chi connectivity index (χ0) is 20.8. The summed E-state index contributed by atoms with van der Waals surface area (Å²) in [6, 6.07) is 14.1. The molecule has 30 heavy (non-hydrogen) atoms. The van der Waals surface area contributed by atoms with Gasteiger partial charge in [-0.05, 0) is 62.4 Å². The zero-order valence-corrected chi connectivity index (χ0v) is 16.8. The lowest BCUT2D eigenvalue weighted by molar-refractivity contribution is -0.137. The Morgan fingerprint density at radius 2 is 1.87 bits per heavy atom. The predicted octanol–water partition coefficient (Wildman–Crippen LogP) is 5.61. The van der Waals surface area contributed by atoms with Gasteiger partial charge in [0.2, 0.25) is 0 Å². The number of piperidine rings is 1. The van der Waals surface area contributed by atoms with Crippen LogP contribution in [0.3, 0.4) is 0 Å². The van der Waals surface area contributed by atoms with Gasteiger partial charge >= 0.3 is 6.18 Å². The summed E-state index contributed by atoms with van der Waals surface area (Å²) in [5.74, 6) is 0.461. The van der Waals surface area contributed by atoms with Gasteiger partial charge in [0.05, 0.1) is 29.9 Å². The van der Waals surface area contributed by atoms with Crippen molar-refractivity contribution in [3.63, 3.8) is 0 Å². The molecule has 2 saturated heterocycles. The fraction of sp³-hybridized carbons (Fsp3) is 0.500. The van der Waals surface area contributed by atoms with Gasteiger partial charge in [0.1, 0.15) is 5.75 Å². The van der Waals surface area contributed by atoms with Crippen molar-refractivity contribution in [2.24, 2.45) is 0 Å². The minimum absolute atomic E-state index is 0.0380. The summed E-state index contributed by atoms with van der Waals surface area (Å²) in [7, 11) is 0. The molecule has 2 unspecified atom stereocenters. The second-order valence-electron chi connectivity index (χ2n) is 8.75. The maximum absolute atomic E-state index is 13.4. The molecule has 0 bridgehead atoms. The van der Waals surface area contributed by atoms with E-state index in [2.05, 4.69) is 17.4 Å². The molecule has 160 valence electrons. The summed E-state index contributed by atoms with van der Waals surface area (Å²) < 4.78 is 52.6. The SMILES string of the molecule is FC(F)(F)c1ccc(OC2CC2)c([C@H]2COC3(CCCNC3c3ccccc3)C2)c1. The predicted molar refractivity (Wildman–Crippen MR) is 108 cm³/mol. The van der Waals surface area contributed by atoms with E-state index in [0.29, 0.717) is 24.3 Å². The van der Waals surface area contributed by atoms with Crippen molar-refractivity contribution < 1.29 is 22.6 Å². The molecule has 1 saturated carbocycles. The van der Waals surface area contributed by atoms with E-state index in [0.717, 1.165) is 43.9 Å². The maximum atomic E-state index is 13.4. The van der Waals surface area contributed by atoms with Gasteiger partial charge in [0.15, 0.2) is 0 Å². The molecule has 3 aliphatic rings. The summed E-state index contributed by atoms with van der Waals surface area (Å²) in [5, 5.41) is 3.60. The Kier molecular flexibility index (Phi) is 5.02. The molecule has 1 N–H and O–H groups in total. The molecule has 3 nitrogen and oxygen atoms in total. The van der Waals surface area contributed by atoms with E-state index in [1.54, 1.807) is 0 Å². The number of hydrogen-bond acceptors (Lipinski definition) is 3. The van der Waals surface area contributed by atoms with Gasteiger partial charge in [-0.1, -0.05) is 30.3 Å². The highest BCUT2D eigenvalue weighted by Crippen LogP contribution is 2.50. The normalized spacial score (nSPS) is 29.3.